The van der Waals surface area contributed by atoms with Crippen LogP contribution in [-0.2, 0) is 4.79 Å². The van der Waals surface area contributed by atoms with E-state index in [2.05, 4.69) is 38.9 Å². The number of halogens is 1. The molecule has 1 amide bonds. The highest BCUT2D eigenvalue weighted by Gasteiger charge is 2.21. The third kappa shape index (κ3) is 5.76. The maximum atomic E-state index is 11.9. The lowest BCUT2D eigenvalue weighted by Gasteiger charge is -2.38. The Labute approximate surface area is 161 Å². The quantitative estimate of drug-likeness (QED) is 0.620. The molecule has 0 bridgehead atoms. The molecule has 1 aromatic rings. The fraction of sp³-hybridized carbons (Fsp3) is 0.611. The maximum Gasteiger partial charge on any atom is 0.243 e. The van der Waals surface area contributed by atoms with Crippen LogP contribution in [0.15, 0.2) is 23.5 Å². The van der Waals surface area contributed by atoms with Crippen LogP contribution in [0.4, 0.5) is 5.69 Å². The third-order valence-corrected chi connectivity index (χ3v) is 4.49. The molecular formula is C18H29ClN6O. The largest absolute Gasteiger partial charge is 0.367 e. The van der Waals surface area contributed by atoms with Crippen LogP contribution in [0.25, 0.3) is 0 Å². The highest BCUT2D eigenvalue weighted by Crippen LogP contribution is 2.25. The average molecular weight is 381 g/mol. The van der Waals surface area contributed by atoms with E-state index >= 15 is 0 Å². The van der Waals surface area contributed by atoms with Gasteiger partial charge in [-0.05, 0) is 12.0 Å². The molecule has 0 radical (unpaired) electrons. The molecule has 26 heavy (non-hydrogen) atoms. The number of nitrogens with one attached hydrogen (secondary N) is 1. The first-order chi connectivity index (χ1) is 12.4. The first-order valence-corrected chi connectivity index (χ1v) is 9.34. The monoisotopic (exact) mass is 380 g/mol. The Morgan fingerprint density at radius 3 is 2.62 bits per heavy atom. The van der Waals surface area contributed by atoms with Gasteiger partial charge in [0, 0.05) is 59.2 Å². The Morgan fingerprint density at radius 1 is 1.35 bits per heavy atom. The number of guanidine groups is 1. The Balaban J connectivity index is 2.01. The molecule has 0 spiro atoms. The summed E-state index contributed by atoms with van der Waals surface area (Å²) in [6.45, 7) is 8.60. The maximum absolute atomic E-state index is 11.9. The Hall–Kier alpha value is -2.02. The van der Waals surface area contributed by atoms with Gasteiger partial charge in [-0.3, -0.25) is 9.78 Å². The lowest BCUT2D eigenvalue weighted by molar-refractivity contribution is -0.127. The molecule has 1 aromatic heterocycles. The number of piperazine rings is 1. The van der Waals surface area contributed by atoms with Gasteiger partial charge in [0.25, 0.3) is 0 Å². The van der Waals surface area contributed by atoms with Crippen molar-refractivity contribution in [2.24, 2.45) is 10.9 Å². The predicted molar refractivity (Wildman–Crippen MR) is 107 cm³/mol. The molecule has 0 aromatic carbocycles. The predicted octanol–water partition coefficient (Wildman–Crippen LogP) is 1.55. The first-order valence-electron chi connectivity index (χ1n) is 8.96. The summed E-state index contributed by atoms with van der Waals surface area (Å²) >= 11 is 6.26. The van der Waals surface area contributed by atoms with Crippen LogP contribution in [0.1, 0.15) is 13.8 Å². The highest BCUT2D eigenvalue weighted by atomic mass is 35.5. The third-order valence-electron chi connectivity index (χ3n) is 4.20. The summed E-state index contributed by atoms with van der Waals surface area (Å²) < 4.78 is 0. The molecule has 0 saturated carbocycles. The van der Waals surface area contributed by atoms with E-state index in [1.807, 2.05) is 6.07 Å². The summed E-state index contributed by atoms with van der Waals surface area (Å²) in [6, 6.07) is 1.94. The molecule has 7 nitrogen and oxygen atoms in total. The molecular weight excluding hydrogens is 352 g/mol. The van der Waals surface area contributed by atoms with Gasteiger partial charge in [0.1, 0.15) is 6.54 Å². The van der Waals surface area contributed by atoms with E-state index in [1.54, 1.807) is 31.4 Å². The fourth-order valence-electron chi connectivity index (χ4n) is 2.63. The summed E-state index contributed by atoms with van der Waals surface area (Å²) in [5, 5.41) is 4.07. The second-order valence-electron chi connectivity index (χ2n) is 7.00. The van der Waals surface area contributed by atoms with E-state index in [9.17, 15) is 4.79 Å². The van der Waals surface area contributed by atoms with E-state index in [0.29, 0.717) is 10.9 Å². The van der Waals surface area contributed by atoms with Crippen LogP contribution in [0, 0.1) is 5.92 Å². The van der Waals surface area contributed by atoms with Crippen molar-refractivity contribution in [3.8, 4) is 0 Å². The van der Waals surface area contributed by atoms with Crippen molar-refractivity contribution in [1.82, 2.24) is 20.1 Å². The van der Waals surface area contributed by atoms with Gasteiger partial charge in [-0.2, -0.15) is 0 Å². The highest BCUT2D eigenvalue weighted by molar-refractivity contribution is 6.33. The molecule has 144 valence electrons. The van der Waals surface area contributed by atoms with E-state index in [1.165, 1.54) is 0 Å². The molecule has 2 heterocycles. The van der Waals surface area contributed by atoms with Crippen LogP contribution in [-0.4, -0.2) is 80.0 Å². The summed E-state index contributed by atoms with van der Waals surface area (Å²) in [6.07, 6.45) is 3.44. The zero-order chi connectivity index (χ0) is 19.1. The van der Waals surface area contributed by atoms with E-state index in [0.717, 1.165) is 44.4 Å². The van der Waals surface area contributed by atoms with Gasteiger partial charge in [0.15, 0.2) is 5.96 Å². The van der Waals surface area contributed by atoms with Crippen molar-refractivity contribution in [3.63, 3.8) is 0 Å². The van der Waals surface area contributed by atoms with Crippen LogP contribution in [0.3, 0.4) is 0 Å². The Morgan fingerprint density at radius 2 is 2.04 bits per heavy atom. The molecule has 1 saturated heterocycles. The first kappa shape index (κ1) is 20.3. The van der Waals surface area contributed by atoms with Gasteiger partial charge in [-0.15, -0.1) is 0 Å². The summed E-state index contributed by atoms with van der Waals surface area (Å²) in [5.74, 6) is 1.30. The molecule has 2 rings (SSSR count). The van der Waals surface area contributed by atoms with Crippen molar-refractivity contribution in [1.29, 1.82) is 0 Å². The number of anilines is 1. The number of carbonyl (C=O) groups excluding carboxylic acids is 1. The lowest BCUT2D eigenvalue weighted by Crippen LogP contribution is -2.53. The van der Waals surface area contributed by atoms with Crippen molar-refractivity contribution in [2.75, 3.05) is 58.3 Å². The number of amides is 1. The van der Waals surface area contributed by atoms with E-state index < -0.39 is 0 Å². The Kier molecular flexibility index (Phi) is 7.50. The summed E-state index contributed by atoms with van der Waals surface area (Å²) in [7, 11) is 3.49. The van der Waals surface area contributed by atoms with Gasteiger partial charge < -0.3 is 20.0 Å². The second kappa shape index (κ2) is 9.62. The number of likely N-dealkylation sites (N-methyl/N-ethyl adjacent to an activating group) is 1. The minimum absolute atomic E-state index is 0.00366. The number of pyridine rings is 1. The molecule has 0 atom stereocenters. The Bertz CT molecular complexity index is 626. The average Bonchev–Trinajstić information content (AvgIpc) is 2.62. The topological polar surface area (TPSA) is 64.1 Å². The smallest absolute Gasteiger partial charge is 0.243 e. The second-order valence-corrected chi connectivity index (χ2v) is 7.41. The zero-order valence-corrected chi connectivity index (χ0v) is 16.8. The summed E-state index contributed by atoms with van der Waals surface area (Å²) in [4.78, 5) is 26.5. The molecule has 0 aliphatic carbocycles. The van der Waals surface area contributed by atoms with Gasteiger partial charge in [0.05, 0.1) is 10.7 Å². The van der Waals surface area contributed by atoms with Crippen molar-refractivity contribution < 1.29 is 4.79 Å². The number of aromatic nitrogens is 1. The van der Waals surface area contributed by atoms with Gasteiger partial charge in [-0.1, -0.05) is 25.4 Å². The fourth-order valence-corrected chi connectivity index (χ4v) is 2.87. The van der Waals surface area contributed by atoms with Crippen LogP contribution < -0.4 is 10.2 Å². The van der Waals surface area contributed by atoms with Crippen molar-refractivity contribution in [2.45, 2.75) is 13.8 Å². The number of hydrogen-bond acceptors (Lipinski definition) is 4. The molecule has 1 N–H and O–H groups in total. The van der Waals surface area contributed by atoms with Crippen molar-refractivity contribution in [3.05, 3.63) is 23.5 Å². The lowest BCUT2D eigenvalue weighted by atomic mass is 10.2. The van der Waals surface area contributed by atoms with Crippen LogP contribution in [0.2, 0.25) is 5.02 Å². The molecule has 8 heteroatoms. The normalized spacial score (nSPS) is 15.4. The standard InChI is InChI=1S/C18H29ClN6O/c1-14(2)11-21-18(22-13-17(26)23(3)4)25-9-7-24(8-10-25)16-5-6-20-12-15(16)19/h5-6,12,14H,7-11,13H2,1-4H3,(H,21,22). The number of carbonyl (C=O) groups is 1. The molecule has 0 unspecified atom stereocenters. The number of rotatable bonds is 5. The number of hydrogen-bond donors (Lipinski definition) is 1. The van der Waals surface area contributed by atoms with Gasteiger partial charge in [-0.25, -0.2) is 4.99 Å². The minimum atomic E-state index is -0.00366. The van der Waals surface area contributed by atoms with Crippen LogP contribution >= 0.6 is 11.6 Å². The van der Waals surface area contributed by atoms with E-state index in [-0.39, 0.29) is 12.5 Å². The molecule has 1 aliphatic rings. The zero-order valence-electron chi connectivity index (χ0n) is 16.1. The molecule has 1 aliphatic heterocycles. The van der Waals surface area contributed by atoms with Crippen LogP contribution in [0.5, 0.6) is 0 Å². The number of aliphatic imine (C=N–C) groups is 1. The van der Waals surface area contributed by atoms with Gasteiger partial charge >= 0.3 is 0 Å². The molecule has 1 fully saturated rings. The van der Waals surface area contributed by atoms with Gasteiger partial charge in [0.2, 0.25) is 5.91 Å². The number of nitrogens with zero attached hydrogens (tertiary/aromatic N) is 5. The van der Waals surface area contributed by atoms with E-state index in [4.69, 9.17) is 11.6 Å². The van der Waals surface area contributed by atoms with Crippen molar-refractivity contribution >= 4 is 29.2 Å². The SMILES string of the molecule is CC(C)CNC(=NCC(=O)N(C)C)N1CCN(c2ccncc2Cl)CC1. The summed E-state index contributed by atoms with van der Waals surface area (Å²) in [5.41, 5.74) is 1.01. The minimum Gasteiger partial charge on any atom is -0.367 e.